The normalized spacial score (nSPS) is 15.8. The zero-order valence-electron chi connectivity index (χ0n) is 15.3. The number of nitrogens with zero attached hydrogens (tertiary/aromatic N) is 1. The van der Waals surface area contributed by atoms with Crippen LogP contribution >= 0.6 is 0 Å². The first-order valence-corrected chi connectivity index (χ1v) is 10.7. The van der Waals surface area contributed by atoms with Crippen molar-refractivity contribution in [3.05, 3.63) is 70.8 Å². The fraction of sp³-hybridized carbons (Fsp3) is 0.381. The highest BCUT2D eigenvalue weighted by Gasteiger charge is 2.31. The van der Waals surface area contributed by atoms with Gasteiger partial charge < -0.3 is 4.90 Å². The SMILES string of the molecule is Cc1ccc(C(=O)N2CCC(S(=O)(=O)Cc3ccccc3)CC2)cc1C. The maximum Gasteiger partial charge on any atom is 0.253 e. The summed E-state index contributed by atoms with van der Waals surface area (Å²) >= 11 is 0. The summed E-state index contributed by atoms with van der Waals surface area (Å²) in [6, 6.07) is 15.0. The molecule has 1 amide bonds. The van der Waals surface area contributed by atoms with Crippen molar-refractivity contribution in [2.45, 2.75) is 37.7 Å². The standard InChI is InChI=1S/C21H25NO3S/c1-16-8-9-19(14-17(16)2)21(23)22-12-10-20(11-13-22)26(24,25)15-18-6-4-3-5-7-18/h3-9,14,20H,10-13,15H2,1-2H3. The Kier molecular flexibility index (Phi) is 5.47. The first kappa shape index (κ1) is 18.6. The Balaban J connectivity index is 1.63. The summed E-state index contributed by atoms with van der Waals surface area (Å²) in [5.41, 5.74) is 3.75. The molecule has 2 aromatic rings. The molecule has 0 atom stereocenters. The summed E-state index contributed by atoms with van der Waals surface area (Å²) in [7, 11) is -3.20. The lowest BCUT2D eigenvalue weighted by Crippen LogP contribution is -2.42. The number of piperidine rings is 1. The molecule has 1 saturated heterocycles. The van der Waals surface area contributed by atoms with Crippen LogP contribution in [0.25, 0.3) is 0 Å². The summed E-state index contributed by atoms with van der Waals surface area (Å²) in [5.74, 6) is 0.0656. The van der Waals surface area contributed by atoms with E-state index in [1.807, 2.05) is 62.4 Å². The number of sulfone groups is 1. The summed E-state index contributed by atoms with van der Waals surface area (Å²) in [4.78, 5) is 14.5. The first-order valence-electron chi connectivity index (χ1n) is 8.99. The summed E-state index contributed by atoms with van der Waals surface area (Å²) in [6.07, 6.45) is 1.01. The number of hydrogen-bond donors (Lipinski definition) is 0. The van der Waals surface area contributed by atoms with E-state index < -0.39 is 9.84 Å². The Bertz CT molecular complexity index is 883. The van der Waals surface area contributed by atoms with E-state index in [2.05, 4.69) is 0 Å². The van der Waals surface area contributed by atoms with Gasteiger partial charge in [0.05, 0.1) is 11.0 Å². The van der Waals surface area contributed by atoms with Crippen molar-refractivity contribution in [3.8, 4) is 0 Å². The second-order valence-electron chi connectivity index (χ2n) is 7.08. The van der Waals surface area contributed by atoms with Crippen LogP contribution in [0, 0.1) is 13.8 Å². The first-order chi connectivity index (χ1) is 12.4. The van der Waals surface area contributed by atoms with Crippen LogP contribution in [0.2, 0.25) is 0 Å². The number of carbonyl (C=O) groups is 1. The van der Waals surface area contributed by atoms with E-state index in [-0.39, 0.29) is 16.9 Å². The van der Waals surface area contributed by atoms with E-state index in [9.17, 15) is 13.2 Å². The Hall–Kier alpha value is -2.14. The Labute approximate surface area is 155 Å². The molecule has 0 aliphatic carbocycles. The van der Waals surface area contributed by atoms with Crippen LogP contribution in [0.15, 0.2) is 48.5 Å². The minimum absolute atomic E-state index is 0.00740. The van der Waals surface area contributed by atoms with Crippen molar-refractivity contribution in [1.29, 1.82) is 0 Å². The highest BCUT2D eigenvalue weighted by Crippen LogP contribution is 2.23. The van der Waals surface area contributed by atoms with Gasteiger partial charge >= 0.3 is 0 Å². The van der Waals surface area contributed by atoms with Gasteiger partial charge in [-0.1, -0.05) is 36.4 Å². The highest BCUT2D eigenvalue weighted by molar-refractivity contribution is 7.91. The minimum atomic E-state index is -3.20. The summed E-state index contributed by atoms with van der Waals surface area (Å²) < 4.78 is 25.4. The van der Waals surface area contributed by atoms with E-state index in [4.69, 9.17) is 0 Å². The van der Waals surface area contributed by atoms with Gasteiger partial charge in [-0.25, -0.2) is 8.42 Å². The summed E-state index contributed by atoms with van der Waals surface area (Å²) in [6.45, 7) is 5.00. The van der Waals surface area contributed by atoms with E-state index in [0.29, 0.717) is 31.5 Å². The second-order valence-corrected chi connectivity index (χ2v) is 9.36. The predicted molar refractivity (Wildman–Crippen MR) is 104 cm³/mol. The average molecular weight is 372 g/mol. The van der Waals surface area contributed by atoms with Crippen LogP contribution in [-0.4, -0.2) is 37.6 Å². The molecule has 3 rings (SSSR count). The van der Waals surface area contributed by atoms with Crippen molar-refractivity contribution < 1.29 is 13.2 Å². The lowest BCUT2D eigenvalue weighted by Gasteiger charge is -2.32. The molecule has 0 bridgehead atoms. The molecule has 138 valence electrons. The monoisotopic (exact) mass is 371 g/mol. The van der Waals surface area contributed by atoms with Crippen molar-refractivity contribution >= 4 is 15.7 Å². The van der Waals surface area contributed by atoms with Crippen LogP contribution in [0.1, 0.15) is 39.9 Å². The van der Waals surface area contributed by atoms with Crippen LogP contribution in [-0.2, 0) is 15.6 Å². The molecule has 0 unspecified atom stereocenters. The van der Waals surface area contributed by atoms with Crippen molar-refractivity contribution in [2.24, 2.45) is 0 Å². The van der Waals surface area contributed by atoms with Crippen LogP contribution in [0.3, 0.4) is 0 Å². The third-order valence-electron chi connectivity index (χ3n) is 5.20. The number of carbonyl (C=O) groups excluding carboxylic acids is 1. The quantitative estimate of drug-likeness (QED) is 0.826. The number of hydrogen-bond acceptors (Lipinski definition) is 3. The maximum atomic E-state index is 12.7. The van der Waals surface area contributed by atoms with E-state index in [1.165, 1.54) is 0 Å². The van der Waals surface area contributed by atoms with Crippen LogP contribution in [0.5, 0.6) is 0 Å². The fourth-order valence-electron chi connectivity index (χ4n) is 3.40. The summed E-state index contributed by atoms with van der Waals surface area (Å²) in [5, 5.41) is -0.369. The maximum absolute atomic E-state index is 12.7. The second kappa shape index (κ2) is 7.62. The van der Waals surface area contributed by atoms with Crippen LogP contribution in [0.4, 0.5) is 0 Å². The van der Waals surface area contributed by atoms with Crippen molar-refractivity contribution in [2.75, 3.05) is 13.1 Å². The number of amides is 1. The Morgan fingerprint density at radius 3 is 2.27 bits per heavy atom. The lowest BCUT2D eigenvalue weighted by atomic mass is 10.0. The van der Waals surface area contributed by atoms with Crippen molar-refractivity contribution in [3.63, 3.8) is 0 Å². The van der Waals surface area contributed by atoms with Gasteiger partial charge in [-0.3, -0.25) is 4.79 Å². The third kappa shape index (κ3) is 4.15. The molecule has 1 fully saturated rings. The van der Waals surface area contributed by atoms with E-state index >= 15 is 0 Å². The highest BCUT2D eigenvalue weighted by atomic mass is 32.2. The van der Waals surface area contributed by atoms with Crippen molar-refractivity contribution in [1.82, 2.24) is 4.90 Å². The van der Waals surface area contributed by atoms with Gasteiger partial charge in [-0.2, -0.15) is 0 Å². The predicted octanol–water partition coefficient (Wildman–Crippen LogP) is 3.52. The molecule has 0 spiro atoms. The number of aryl methyl sites for hydroxylation is 2. The molecule has 2 aromatic carbocycles. The zero-order chi connectivity index (χ0) is 18.7. The van der Waals surface area contributed by atoms with Gasteiger partial charge in [0.25, 0.3) is 5.91 Å². The molecular formula is C21H25NO3S. The van der Waals surface area contributed by atoms with Gasteiger partial charge in [0.2, 0.25) is 0 Å². The molecule has 0 N–H and O–H groups in total. The molecule has 0 radical (unpaired) electrons. The Morgan fingerprint density at radius 1 is 1.00 bits per heavy atom. The molecule has 1 aliphatic rings. The van der Waals surface area contributed by atoms with Gasteiger partial charge in [-0.15, -0.1) is 0 Å². The fourth-order valence-corrected chi connectivity index (χ4v) is 5.22. The lowest BCUT2D eigenvalue weighted by molar-refractivity contribution is 0.0725. The molecule has 0 saturated carbocycles. The molecule has 26 heavy (non-hydrogen) atoms. The average Bonchev–Trinajstić information content (AvgIpc) is 2.64. The van der Waals surface area contributed by atoms with Gasteiger partial charge in [-0.05, 0) is 55.5 Å². The molecule has 0 aromatic heterocycles. The molecule has 1 heterocycles. The smallest absolute Gasteiger partial charge is 0.253 e. The van der Waals surface area contributed by atoms with Crippen LogP contribution < -0.4 is 0 Å². The zero-order valence-corrected chi connectivity index (χ0v) is 16.1. The molecule has 1 aliphatic heterocycles. The van der Waals surface area contributed by atoms with Gasteiger partial charge in [0, 0.05) is 18.7 Å². The molecule has 4 nitrogen and oxygen atoms in total. The van der Waals surface area contributed by atoms with Gasteiger partial charge in [0.1, 0.15) is 0 Å². The number of likely N-dealkylation sites (tertiary alicyclic amines) is 1. The largest absolute Gasteiger partial charge is 0.339 e. The minimum Gasteiger partial charge on any atom is -0.339 e. The topological polar surface area (TPSA) is 54.5 Å². The van der Waals surface area contributed by atoms with Gasteiger partial charge in [0.15, 0.2) is 9.84 Å². The number of rotatable bonds is 4. The van der Waals surface area contributed by atoms with E-state index in [0.717, 1.165) is 16.7 Å². The van der Waals surface area contributed by atoms with E-state index in [1.54, 1.807) is 4.90 Å². The number of benzene rings is 2. The molecule has 5 heteroatoms. The molecular weight excluding hydrogens is 346 g/mol. The third-order valence-corrected chi connectivity index (χ3v) is 7.42. The Morgan fingerprint density at radius 2 is 1.65 bits per heavy atom.